The van der Waals surface area contributed by atoms with Crippen molar-refractivity contribution in [1.82, 2.24) is 14.9 Å². The van der Waals surface area contributed by atoms with Gasteiger partial charge in [-0.25, -0.2) is 9.97 Å². The Kier molecular flexibility index (Phi) is 6.40. The predicted octanol–water partition coefficient (Wildman–Crippen LogP) is 2.51. The molecule has 0 saturated carbocycles. The topological polar surface area (TPSA) is 58.3 Å². The van der Waals surface area contributed by atoms with Gasteiger partial charge in [0.1, 0.15) is 17.5 Å². The van der Waals surface area contributed by atoms with Gasteiger partial charge >= 0.3 is 0 Å². The van der Waals surface area contributed by atoms with Crippen molar-refractivity contribution in [3.63, 3.8) is 0 Å². The lowest BCUT2D eigenvalue weighted by Gasteiger charge is -2.29. The van der Waals surface area contributed by atoms with Crippen molar-refractivity contribution >= 4 is 11.6 Å². The highest BCUT2D eigenvalue weighted by Gasteiger charge is 2.17. The minimum absolute atomic E-state index is 0.279. The van der Waals surface area contributed by atoms with E-state index >= 15 is 0 Å². The molecular weight excluding hydrogens is 262 g/mol. The van der Waals surface area contributed by atoms with Gasteiger partial charge in [-0.05, 0) is 26.9 Å². The second kappa shape index (κ2) is 7.59. The molecule has 0 aromatic carbocycles. The highest BCUT2D eigenvalue weighted by Crippen LogP contribution is 2.25. The molecule has 0 bridgehead atoms. The number of nitrogens with zero attached hydrogens (tertiary/aromatic N) is 4. The van der Waals surface area contributed by atoms with Crippen molar-refractivity contribution in [1.29, 1.82) is 0 Å². The van der Waals surface area contributed by atoms with Crippen LogP contribution in [0.3, 0.4) is 0 Å². The SMILES string of the molecule is Cc1c(N)nc(C(C)C)nc1N(CCN(C)C)CC(C)C. The van der Waals surface area contributed by atoms with Crippen LogP contribution < -0.4 is 10.6 Å². The van der Waals surface area contributed by atoms with Gasteiger partial charge in [-0.3, -0.25) is 0 Å². The molecule has 0 fully saturated rings. The summed E-state index contributed by atoms with van der Waals surface area (Å²) in [6.07, 6.45) is 0. The molecule has 2 N–H and O–H groups in total. The first-order chi connectivity index (χ1) is 9.72. The van der Waals surface area contributed by atoms with Gasteiger partial charge in [0.25, 0.3) is 0 Å². The molecule has 0 amide bonds. The second-order valence-electron chi connectivity index (χ2n) is 6.71. The normalized spacial score (nSPS) is 11.7. The molecular formula is C16H31N5. The summed E-state index contributed by atoms with van der Waals surface area (Å²) < 4.78 is 0. The molecule has 0 spiro atoms. The van der Waals surface area contributed by atoms with Crippen molar-refractivity contribution in [2.75, 3.05) is 44.4 Å². The average molecular weight is 293 g/mol. The van der Waals surface area contributed by atoms with E-state index in [2.05, 4.69) is 56.6 Å². The van der Waals surface area contributed by atoms with E-state index < -0.39 is 0 Å². The molecule has 0 radical (unpaired) electrons. The van der Waals surface area contributed by atoms with Crippen LogP contribution in [0, 0.1) is 12.8 Å². The molecule has 1 rings (SSSR count). The Bertz CT molecular complexity index is 454. The highest BCUT2D eigenvalue weighted by molar-refractivity contribution is 5.56. The summed E-state index contributed by atoms with van der Waals surface area (Å²) in [6, 6.07) is 0. The maximum absolute atomic E-state index is 6.10. The minimum Gasteiger partial charge on any atom is -0.383 e. The van der Waals surface area contributed by atoms with Crippen molar-refractivity contribution in [2.24, 2.45) is 5.92 Å². The van der Waals surface area contributed by atoms with E-state index in [9.17, 15) is 0 Å². The largest absolute Gasteiger partial charge is 0.383 e. The van der Waals surface area contributed by atoms with E-state index in [0.29, 0.717) is 11.7 Å². The summed E-state index contributed by atoms with van der Waals surface area (Å²) in [7, 11) is 4.18. The predicted molar refractivity (Wildman–Crippen MR) is 90.9 cm³/mol. The van der Waals surface area contributed by atoms with E-state index in [4.69, 9.17) is 10.7 Å². The van der Waals surface area contributed by atoms with Crippen LogP contribution in [0.15, 0.2) is 0 Å². The molecule has 0 atom stereocenters. The first kappa shape index (κ1) is 17.7. The highest BCUT2D eigenvalue weighted by atomic mass is 15.2. The molecule has 1 aromatic rings. The van der Waals surface area contributed by atoms with Crippen LogP contribution in [-0.2, 0) is 0 Å². The van der Waals surface area contributed by atoms with Crippen molar-refractivity contribution < 1.29 is 0 Å². The first-order valence-electron chi connectivity index (χ1n) is 7.76. The maximum Gasteiger partial charge on any atom is 0.137 e. The molecule has 120 valence electrons. The number of hydrogen-bond donors (Lipinski definition) is 1. The number of nitrogens with two attached hydrogens (primary N) is 1. The Morgan fingerprint density at radius 3 is 2.14 bits per heavy atom. The van der Waals surface area contributed by atoms with Gasteiger partial charge in [0.05, 0.1) is 0 Å². The van der Waals surface area contributed by atoms with Crippen molar-refractivity contribution in [3.8, 4) is 0 Å². The molecule has 0 aliphatic carbocycles. The number of rotatable bonds is 7. The van der Waals surface area contributed by atoms with Gasteiger partial charge in [0.15, 0.2) is 0 Å². The fraction of sp³-hybridized carbons (Fsp3) is 0.750. The number of likely N-dealkylation sites (N-methyl/N-ethyl adjacent to an activating group) is 1. The standard InChI is InChI=1S/C16H31N5/c1-11(2)10-21(9-8-20(6)7)16-13(5)14(17)18-15(19-16)12(3)4/h11-12H,8-10H2,1-7H3,(H2,17,18,19). The fourth-order valence-corrected chi connectivity index (χ4v) is 2.15. The lowest BCUT2D eigenvalue weighted by atomic mass is 10.1. The third-order valence-electron chi connectivity index (χ3n) is 3.39. The second-order valence-corrected chi connectivity index (χ2v) is 6.71. The molecule has 5 nitrogen and oxygen atoms in total. The van der Waals surface area contributed by atoms with Crippen molar-refractivity contribution in [3.05, 3.63) is 11.4 Å². The van der Waals surface area contributed by atoms with E-state index in [0.717, 1.165) is 36.8 Å². The molecule has 0 unspecified atom stereocenters. The number of hydrogen-bond acceptors (Lipinski definition) is 5. The molecule has 0 aliphatic heterocycles. The van der Waals surface area contributed by atoms with Gasteiger partial charge in [-0.2, -0.15) is 0 Å². The summed E-state index contributed by atoms with van der Waals surface area (Å²) in [4.78, 5) is 13.7. The van der Waals surface area contributed by atoms with Crippen LogP contribution in [0.2, 0.25) is 0 Å². The Labute approximate surface area is 129 Å². The van der Waals surface area contributed by atoms with E-state index in [1.54, 1.807) is 0 Å². The van der Waals surface area contributed by atoms with Crippen LogP contribution in [0.1, 0.15) is 45.0 Å². The van der Waals surface area contributed by atoms with Crippen LogP contribution in [0.25, 0.3) is 0 Å². The maximum atomic E-state index is 6.10. The van der Waals surface area contributed by atoms with Gasteiger partial charge in [-0.1, -0.05) is 27.7 Å². The Morgan fingerprint density at radius 2 is 1.67 bits per heavy atom. The quantitative estimate of drug-likeness (QED) is 0.837. The monoisotopic (exact) mass is 293 g/mol. The van der Waals surface area contributed by atoms with Gasteiger partial charge in [-0.15, -0.1) is 0 Å². The van der Waals surface area contributed by atoms with E-state index in [1.807, 2.05) is 6.92 Å². The molecule has 21 heavy (non-hydrogen) atoms. The molecule has 5 heteroatoms. The number of aromatic nitrogens is 2. The molecule has 1 aromatic heterocycles. The summed E-state index contributed by atoms with van der Waals surface area (Å²) >= 11 is 0. The number of anilines is 2. The lowest BCUT2D eigenvalue weighted by molar-refractivity contribution is 0.408. The average Bonchev–Trinajstić information content (AvgIpc) is 2.36. The summed E-state index contributed by atoms with van der Waals surface area (Å²) in [6.45, 7) is 13.6. The van der Waals surface area contributed by atoms with Crippen LogP contribution in [-0.4, -0.2) is 48.6 Å². The Hall–Kier alpha value is -1.36. The van der Waals surface area contributed by atoms with Crippen molar-refractivity contribution in [2.45, 2.75) is 40.5 Å². The summed E-state index contributed by atoms with van der Waals surface area (Å²) in [5.41, 5.74) is 7.08. The van der Waals surface area contributed by atoms with Crippen LogP contribution >= 0.6 is 0 Å². The molecule has 0 saturated heterocycles. The van der Waals surface area contributed by atoms with Gasteiger partial charge < -0.3 is 15.5 Å². The van der Waals surface area contributed by atoms with Gasteiger partial charge in [0, 0.05) is 31.1 Å². The first-order valence-corrected chi connectivity index (χ1v) is 7.76. The van der Waals surface area contributed by atoms with Gasteiger partial charge in [0.2, 0.25) is 0 Å². The summed E-state index contributed by atoms with van der Waals surface area (Å²) in [5.74, 6) is 3.27. The zero-order chi connectivity index (χ0) is 16.2. The number of nitrogen functional groups attached to an aromatic ring is 1. The third kappa shape index (κ3) is 5.16. The zero-order valence-corrected chi connectivity index (χ0v) is 14.6. The Morgan fingerprint density at radius 1 is 1.05 bits per heavy atom. The Balaban J connectivity index is 3.15. The molecule has 1 heterocycles. The molecule has 0 aliphatic rings. The smallest absolute Gasteiger partial charge is 0.137 e. The minimum atomic E-state index is 0.279. The lowest BCUT2D eigenvalue weighted by Crippen LogP contribution is -2.36. The van der Waals surface area contributed by atoms with E-state index in [1.165, 1.54) is 0 Å². The summed E-state index contributed by atoms with van der Waals surface area (Å²) in [5, 5.41) is 0. The zero-order valence-electron chi connectivity index (χ0n) is 14.6. The van der Waals surface area contributed by atoms with E-state index in [-0.39, 0.29) is 5.92 Å². The van der Waals surface area contributed by atoms with Crippen LogP contribution in [0.5, 0.6) is 0 Å². The van der Waals surface area contributed by atoms with Crippen LogP contribution in [0.4, 0.5) is 11.6 Å². The fourth-order valence-electron chi connectivity index (χ4n) is 2.15. The third-order valence-corrected chi connectivity index (χ3v) is 3.39.